The van der Waals surface area contributed by atoms with Crippen LogP contribution in [0.2, 0.25) is 0 Å². The van der Waals surface area contributed by atoms with Crippen molar-refractivity contribution in [1.29, 1.82) is 0 Å². The third-order valence-corrected chi connectivity index (χ3v) is 4.04. The minimum atomic E-state index is -0.593. The minimum absolute atomic E-state index is 0.174. The molecule has 3 nitrogen and oxygen atoms in total. The summed E-state index contributed by atoms with van der Waals surface area (Å²) >= 11 is 0. The van der Waals surface area contributed by atoms with Gasteiger partial charge in [0, 0.05) is 11.3 Å². The number of aryl methyl sites for hydroxylation is 1. The van der Waals surface area contributed by atoms with Gasteiger partial charge in [0.1, 0.15) is 5.75 Å². The van der Waals surface area contributed by atoms with E-state index in [1.165, 1.54) is 0 Å². The van der Waals surface area contributed by atoms with E-state index in [1.54, 1.807) is 6.92 Å². The molecule has 0 aliphatic rings. The molecule has 0 radical (unpaired) electrons. The molecule has 1 atom stereocenters. The third kappa shape index (κ3) is 4.07. The van der Waals surface area contributed by atoms with E-state index in [9.17, 15) is 4.79 Å². The summed E-state index contributed by atoms with van der Waals surface area (Å²) in [5.74, 6) is 0.549. The number of para-hydroxylation sites is 2. The number of carbonyl (C=O) groups excluding carboxylic acids is 1. The van der Waals surface area contributed by atoms with Gasteiger partial charge in [0.25, 0.3) is 5.91 Å². The number of amides is 1. The Balaban J connectivity index is 1.76. The van der Waals surface area contributed by atoms with Gasteiger partial charge in [-0.05, 0) is 37.1 Å². The summed E-state index contributed by atoms with van der Waals surface area (Å²) in [7, 11) is 0. The average Bonchev–Trinajstić information content (AvgIpc) is 2.64. The van der Waals surface area contributed by atoms with Crippen LogP contribution in [0.5, 0.6) is 5.75 Å². The van der Waals surface area contributed by atoms with E-state index >= 15 is 0 Å². The van der Waals surface area contributed by atoms with Crippen LogP contribution in [-0.4, -0.2) is 12.0 Å². The number of rotatable bonds is 5. The first-order chi connectivity index (χ1) is 12.1. The van der Waals surface area contributed by atoms with E-state index < -0.39 is 6.10 Å². The van der Waals surface area contributed by atoms with Gasteiger partial charge >= 0.3 is 0 Å². The van der Waals surface area contributed by atoms with Crippen molar-refractivity contribution in [2.45, 2.75) is 20.0 Å². The molecule has 1 amide bonds. The van der Waals surface area contributed by atoms with Crippen LogP contribution < -0.4 is 10.1 Å². The number of nitrogens with one attached hydrogen (secondary N) is 1. The molecule has 0 fully saturated rings. The lowest BCUT2D eigenvalue weighted by Gasteiger charge is -2.17. The zero-order chi connectivity index (χ0) is 17.6. The fraction of sp³-hybridized carbons (Fsp3) is 0.136. The van der Waals surface area contributed by atoms with Crippen LogP contribution in [0.15, 0.2) is 78.9 Å². The molecule has 0 saturated heterocycles. The molecule has 0 aliphatic carbocycles. The molecule has 3 aromatic carbocycles. The van der Waals surface area contributed by atoms with Crippen molar-refractivity contribution in [3.05, 3.63) is 84.4 Å². The van der Waals surface area contributed by atoms with Crippen LogP contribution in [0.1, 0.15) is 12.5 Å². The molecular weight excluding hydrogens is 310 g/mol. The van der Waals surface area contributed by atoms with Crippen LogP contribution in [0.25, 0.3) is 11.1 Å². The van der Waals surface area contributed by atoms with Crippen LogP contribution >= 0.6 is 0 Å². The van der Waals surface area contributed by atoms with Gasteiger partial charge in [-0.2, -0.15) is 0 Å². The van der Waals surface area contributed by atoms with Gasteiger partial charge in [-0.3, -0.25) is 4.79 Å². The van der Waals surface area contributed by atoms with E-state index in [2.05, 4.69) is 5.32 Å². The maximum Gasteiger partial charge on any atom is 0.265 e. The summed E-state index contributed by atoms with van der Waals surface area (Å²) in [6, 6.07) is 25.5. The van der Waals surface area contributed by atoms with Gasteiger partial charge in [-0.1, -0.05) is 66.7 Å². The van der Waals surface area contributed by atoms with E-state index in [0.29, 0.717) is 0 Å². The number of hydrogen-bond donors (Lipinski definition) is 1. The Morgan fingerprint density at radius 1 is 0.880 bits per heavy atom. The van der Waals surface area contributed by atoms with Crippen LogP contribution in [0.4, 0.5) is 5.69 Å². The lowest BCUT2D eigenvalue weighted by Crippen LogP contribution is -2.30. The number of anilines is 1. The predicted octanol–water partition coefficient (Wildman–Crippen LogP) is 5.07. The highest BCUT2D eigenvalue weighted by molar-refractivity contribution is 5.98. The van der Waals surface area contributed by atoms with Gasteiger partial charge in [0.05, 0.1) is 0 Å². The molecule has 3 aromatic rings. The quantitative estimate of drug-likeness (QED) is 0.709. The van der Waals surface area contributed by atoms with Gasteiger partial charge < -0.3 is 10.1 Å². The van der Waals surface area contributed by atoms with Crippen molar-refractivity contribution in [3.63, 3.8) is 0 Å². The Morgan fingerprint density at radius 3 is 2.28 bits per heavy atom. The number of benzene rings is 3. The van der Waals surface area contributed by atoms with Gasteiger partial charge in [0.15, 0.2) is 6.10 Å². The van der Waals surface area contributed by atoms with E-state index in [-0.39, 0.29) is 5.91 Å². The van der Waals surface area contributed by atoms with Crippen molar-refractivity contribution in [1.82, 2.24) is 0 Å². The minimum Gasteiger partial charge on any atom is -0.481 e. The zero-order valence-electron chi connectivity index (χ0n) is 14.4. The number of hydrogen-bond acceptors (Lipinski definition) is 2. The second-order valence-corrected chi connectivity index (χ2v) is 5.93. The Labute approximate surface area is 148 Å². The lowest BCUT2D eigenvalue weighted by atomic mass is 10.0. The highest BCUT2D eigenvalue weighted by Crippen LogP contribution is 2.28. The fourth-order valence-corrected chi connectivity index (χ4v) is 2.63. The monoisotopic (exact) mass is 331 g/mol. The summed E-state index contributed by atoms with van der Waals surface area (Å²) in [5, 5.41) is 2.98. The summed E-state index contributed by atoms with van der Waals surface area (Å²) in [6.45, 7) is 3.72. The van der Waals surface area contributed by atoms with Crippen LogP contribution in [0.3, 0.4) is 0 Å². The first-order valence-electron chi connectivity index (χ1n) is 8.33. The molecule has 126 valence electrons. The Kier molecular flexibility index (Phi) is 5.14. The highest BCUT2D eigenvalue weighted by atomic mass is 16.5. The maximum absolute atomic E-state index is 12.6. The normalized spacial score (nSPS) is 11.6. The largest absolute Gasteiger partial charge is 0.481 e. The van der Waals surface area contributed by atoms with E-state index in [0.717, 1.165) is 28.1 Å². The SMILES string of the molecule is Cc1ccccc1O[C@@H](C)C(=O)Nc1ccccc1-c1ccccc1. The molecule has 0 heterocycles. The molecule has 3 heteroatoms. The molecule has 0 aliphatic heterocycles. The standard InChI is InChI=1S/C22H21NO2/c1-16-10-6-9-15-21(16)25-17(2)22(24)23-20-14-8-7-13-19(20)18-11-4-3-5-12-18/h3-15,17H,1-2H3,(H,23,24)/t17-/m0/s1. The molecule has 0 unspecified atom stereocenters. The van der Waals surface area contributed by atoms with Gasteiger partial charge in [-0.25, -0.2) is 0 Å². The van der Waals surface area contributed by atoms with Crippen molar-refractivity contribution in [2.75, 3.05) is 5.32 Å². The molecule has 1 N–H and O–H groups in total. The second-order valence-electron chi connectivity index (χ2n) is 5.93. The first-order valence-corrected chi connectivity index (χ1v) is 8.33. The van der Waals surface area contributed by atoms with Crippen molar-refractivity contribution >= 4 is 11.6 Å². The van der Waals surface area contributed by atoms with Crippen molar-refractivity contribution in [2.24, 2.45) is 0 Å². The average molecular weight is 331 g/mol. The van der Waals surface area contributed by atoms with Gasteiger partial charge in [0.2, 0.25) is 0 Å². The molecule has 0 bridgehead atoms. The molecule has 0 spiro atoms. The summed E-state index contributed by atoms with van der Waals surface area (Å²) < 4.78 is 5.81. The second kappa shape index (κ2) is 7.67. The number of ether oxygens (including phenoxy) is 1. The van der Waals surface area contributed by atoms with Crippen molar-refractivity contribution in [3.8, 4) is 16.9 Å². The zero-order valence-corrected chi connectivity index (χ0v) is 14.4. The third-order valence-electron chi connectivity index (χ3n) is 4.04. The molecular formula is C22H21NO2. The first kappa shape index (κ1) is 16.8. The van der Waals surface area contributed by atoms with E-state index in [4.69, 9.17) is 4.74 Å². The van der Waals surface area contributed by atoms with E-state index in [1.807, 2.05) is 85.8 Å². The highest BCUT2D eigenvalue weighted by Gasteiger charge is 2.17. The van der Waals surface area contributed by atoms with Crippen molar-refractivity contribution < 1.29 is 9.53 Å². The summed E-state index contributed by atoms with van der Waals surface area (Å²) in [5.41, 5.74) is 3.83. The van der Waals surface area contributed by atoms with Crippen LogP contribution in [0, 0.1) is 6.92 Å². The topological polar surface area (TPSA) is 38.3 Å². The fourth-order valence-electron chi connectivity index (χ4n) is 2.63. The predicted molar refractivity (Wildman–Crippen MR) is 102 cm³/mol. The Hall–Kier alpha value is -3.07. The smallest absolute Gasteiger partial charge is 0.265 e. The Bertz CT molecular complexity index is 859. The molecule has 3 rings (SSSR count). The lowest BCUT2D eigenvalue weighted by molar-refractivity contribution is -0.122. The summed E-state index contributed by atoms with van der Waals surface area (Å²) in [4.78, 5) is 12.6. The van der Waals surface area contributed by atoms with Crippen LogP contribution in [-0.2, 0) is 4.79 Å². The molecule has 25 heavy (non-hydrogen) atoms. The summed E-state index contributed by atoms with van der Waals surface area (Å²) in [6.07, 6.45) is -0.593. The number of carbonyl (C=O) groups is 1. The molecule has 0 saturated carbocycles. The maximum atomic E-state index is 12.6. The molecule has 0 aromatic heterocycles. The van der Waals surface area contributed by atoms with Gasteiger partial charge in [-0.15, -0.1) is 0 Å². The Morgan fingerprint density at radius 2 is 1.52 bits per heavy atom.